The molecule has 0 radical (unpaired) electrons. The number of nitrogens with one attached hydrogen (secondary N) is 1. The van der Waals surface area contributed by atoms with Crippen molar-refractivity contribution < 1.29 is 8.42 Å². The van der Waals surface area contributed by atoms with Crippen LogP contribution in [-0.4, -0.2) is 51.7 Å². The van der Waals surface area contributed by atoms with E-state index in [0.717, 1.165) is 31.0 Å². The third kappa shape index (κ3) is 7.29. The monoisotopic (exact) mass is 527 g/mol. The molecule has 0 bridgehead atoms. The fraction of sp³-hybridized carbons (Fsp3) is 0.409. The number of hydrogen-bond acceptors (Lipinski definition) is 3. The van der Waals surface area contributed by atoms with Crippen molar-refractivity contribution in [1.29, 1.82) is 0 Å². The fourth-order valence-corrected chi connectivity index (χ4v) is 5.10. The highest BCUT2D eigenvalue weighted by Gasteiger charge is 2.25. The zero-order valence-corrected chi connectivity index (χ0v) is 20.0. The summed E-state index contributed by atoms with van der Waals surface area (Å²) in [4.78, 5) is 6.64. The molecule has 158 valence electrons. The number of nitrogens with zero attached hydrogens (tertiary/aromatic N) is 2. The Kier molecular flexibility index (Phi) is 9.42. The van der Waals surface area contributed by atoms with Crippen molar-refractivity contribution in [2.24, 2.45) is 4.99 Å². The van der Waals surface area contributed by atoms with Crippen molar-refractivity contribution in [1.82, 2.24) is 10.2 Å². The van der Waals surface area contributed by atoms with Crippen LogP contribution >= 0.6 is 24.0 Å². The number of sulfone groups is 1. The molecule has 0 saturated carbocycles. The standard InChI is InChI=1S/C22H29N3O2S.HI/c1-23-22(25-15-13-21(17-25)20-11-6-3-7-12-20)24-14-8-16-28(26,27)18-19-9-4-2-5-10-19;/h2-7,9-12,21H,8,13-18H2,1H3,(H,23,24);1H. The quantitative estimate of drug-likeness (QED) is 0.259. The van der Waals surface area contributed by atoms with Crippen molar-refractivity contribution in [3.05, 3.63) is 71.8 Å². The van der Waals surface area contributed by atoms with Crippen molar-refractivity contribution in [2.75, 3.05) is 32.4 Å². The Morgan fingerprint density at radius 3 is 2.41 bits per heavy atom. The van der Waals surface area contributed by atoms with Crippen LogP contribution in [0.15, 0.2) is 65.7 Å². The van der Waals surface area contributed by atoms with Gasteiger partial charge in [0.25, 0.3) is 0 Å². The summed E-state index contributed by atoms with van der Waals surface area (Å²) in [6.45, 7) is 2.51. The van der Waals surface area contributed by atoms with E-state index in [1.165, 1.54) is 5.56 Å². The number of benzene rings is 2. The number of aliphatic imine (C=N–C) groups is 1. The van der Waals surface area contributed by atoms with Gasteiger partial charge in [-0.05, 0) is 24.0 Å². The Morgan fingerprint density at radius 1 is 1.10 bits per heavy atom. The highest BCUT2D eigenvalue weighted by Crippen LogP contribution is 2.26. The van der Waals surface area contributed by atoms with Gasteiger partial charge in [-0.2, -0.15) is 0 Å². The predicted molar refractivity (Wildman–Crippen MR) is 131 cm³/mol. The molecule has 5 nitrogen and oxygen atoms in total. The van der Waals surface area contributed by atoms with Crippen LogP contribution in [0, 0.1) is 0 Å². The molecule has 2 aromatic rings. The molecular formula is C22H30IN3O2S. The van der Waals surface area contributed by atoms with Crippen LogP contribution in [0.25, 0.3) is 0 Å². The molecule has 3 rings (SSSR count). The van der Waals surface area contributed by atoms with Crippen LogP contribution in [0.2, 0.25) is 0 Å². The average Bonchev–Trinajstić information content (AvgIpc) is 3.19. The first kappa shape index (κ1) is 23.7. The topological polar surface area (TPSA) is 61.8 Å². The Hall–Kier alpha value is -1.61. The molecule has 29 heavy (non-hydrogen) atoms. The molecule has 1 saturated heterocycles. The summed E-state index contributed by atoms with van der Waals surface area (Å²) in [5.41, 5.74) is 2.21. The van der Waals surface area contributed by atoms with Crippen LogP contribution in [0.4, 0.5) is 0 Å². The molecule has 0 spiro atoms. The van der Waals surface area contributed by atoms with E-state index in [1.807, 2.05) is 36.4 Å². The van der Waals surface area contributed by atoms with Gasteiger partial charge >= 0.3 is 0 Å². The number of halogens is 1. The van der Waals surface area contributed by atoms with Gasteiger partial charge in [0.1, 0.15) is 0 Å². The van der Waals surface area contributed by atoms with E-state index in [9.17, 15) is 8.42 Å². The summed E-state index contributed by atoms with van der Waals surface area (Å²) in [5.74, 6) is 1.66. The molecule has 1 aliphatic rings. The van der Waals surface area contributed by atoms with Crippen LogP contribution in [-0.2, 0) is 15.6 Å². The highest BCUT2D eigenvalue weighted by atomic mass is 127. The third-order valence-corrected chi connectivity index (χ3v) is 6.80. The minimum Gasteiger partial charge on any atom is -0.356 e. The molecule has 1 unspecified atom stereocenters. The van der Waals surface area contributed by atoms with Gasteiger partial charge in [-0.1, -0.05) is 60.7 Å². The third-order valence-electron chi connectivity index (χ3n) is 5.12. The molecule has 1 fully saturated rings. The predicted octanol–water partition coefficient (Wildman–Crippen LogP) is 3.67. The lowest BCUT2D eigenvalue weighted by Crippen LogP contribution is -2.40. The second-order valence-corrected chi connectivity index (χ2v) is 9.43. The number of guanidine groups is 1. The van der Waals surface area contributed by atoms with Gasteiger partial charge in [-0.15, -0.1) is 24.0 Å². The maximum Gasteiger partial charge on any atom is 0.193 e. The molecule has 1 aliphatic heterocycles. The zero-order valence-electron chi connectivity index (χ0n) is 16.8. The number of likely N-dealkylation sites (tertiary alicyclic amines) is 1. The normalized spacial score (nSPS) is 17.1. The van der Waals surface area contributed by atoms with Gasteiger partial charge in [0.05, 0.1) is 11.5 Å². The first-order valence-electron chi connectivity index (χ1n) is 9.82. The fourth-order valence-electron chi connectivity index (χ4n) is 3.67. The summed E-state index contributed by atoms with van der Waals surface area (Å²) in [6, 6.07) is 19.9. The van der Waals surface area contributed by atoms with Crippen LogP contribution < -0.4 is 5.32 Å². The minimum atomic E-state index is -3.10. The van der Waals surface area contributed by atoms with Crippen LogP contribution in [0.1, 0.15) is 29.9 Å². The van der Waals surface area contributed by atoms with Gasteiger partial charge in [0.2, 0.25) is 0 Å². The number of rotatable bonds is 7. The SMILES string of the molecule is CN=C(NCCCS(=O)(=O)Cc1ccccc1)N1CCC(c2ccccc2)C1.I. The molecule has 0 aliphatic carbocycles. The summed E-state index contributed by atoms with van der Waals surface area (Å²) >= 11 is 0. The van der Waals surface area contributed by atoms with Crippen molar-refractivity contribution in [2.45, 2.75) is 24.5 Å². The van der Waals surface area contributed by atoms with E-state index in [0.29, 0.717) is 18.9 Å². The largest absolute Gasteiger partial charge is 0.356 e. The van der Waals surface area contributed by atoms with Gasteiger partial charge < -0.3 is 10.2 Å². The smallest absolute Gasteiger partial charge is 0.193 e. The second-order valence-electron chi connectivity index (χ2n) is 7.25. The first-order valence-corrected chi connectivity index (χ1v) is 11.6. The molecule has 0 amide bonds. The molecular weight excluding hydrogens is 497 g/mol. The molecule has 1 heterocycles. The summed E-state index contributed by atoms with van der Waals surface area (Å²) in [6.07, 6.45) is 1.68. The summed E-state index contributed by atoms with van der Waals surface area (Å²) in [5, 5.41) is 3.33. The van der Waals surface area contributed by atoms with Crippen molar-refractivity contribution >= 4 is 39.8 Å². The molecule has 1 N–H and O–H groups in total. The Bertz CT molecular complexity index is 873. The molecule has 7 heteroatoms. The zero-order chi connectivity index (χ0) is 19.8. The van der Waals surface area contributed by atoms with E-state index >= 15 is 0 Å². The average molecular weight is 527 g/mol. The summed E-state index contributed by atoms with van der Waals surface area (Å²) < 4.78 is 24.6. The van der Waals surface area contributed by atoms with Crippen LogP contribution in [0.3, 0.4) is 0 Å². The van der Waals surface area contributed by atoms with E-state index in [4.69, 9.17) is 0 Å². The van der Waals surface area contributed by atoms with Gasteiger partial charge in [-0.3, -0.25) is 4.99 Å². The molecule has 0 aromatic heterocycles. The molecule has 1 atom stereocenters. The Morgan fingerprint density at radius 2 is 1.76 bits per heavy atom. The van der Waals surface area contributed by atoms with Crippen LogP contribution in [0.5, 0.6) is 0 Å². The highest BCUT2D eigenvalue weighted by molar-refractivity contribution is 14.0. The molecule has 2 aromatic carbocycles. The summed E-state index contributed by atoms with van der Waals surface area (Å²) in [7, 11) is -1.31. The second kappa shape index (κ2) is 11.5. The number of hydrogen-bond donors (Lipinski definition) is 1. The van der Waals surface area contributed by atoms with Gasteiger partial charge in [0.15, 0.2) is 15.8 Å². The maximum absolute atomic E-state index is 12.3. The van der Waals surface area contributed by atoms with E-state index in [2.05, 4.69) is 39.5 Å². The van der Waals surface area contributed by atoms with E-state index in [1.54, 1.807) is 7.05 Å². The van der Waals surface area contributed by atoms with Crippen molar-refractivity contribution in [3.63, 3.8) is 0 Å². The van der Waals surface area contributed by atoms with E-state index < -0.39 is 9.84 Å². The van der Waals surface area contributed by atoms with Gasteiger partial charge in [-0.25, -0.2) is 8.42 Å². The lowest BCUT2D eigenvalue weighted by molar-refractivity contribution is 0.486. The first-order chi connectivity index (χ1) is 13.6. The Balaban J connectivity index is 0.00000300. The van der Waals surface area contributed by atoms with Crippen molar-refractivity contribution in [3.8, 4) is 0 Å². The Labute approximate surface area is 191 Å². The van der Waals surface area contributed by atoms with Gasteiger partial charge in [0, 0.05) is 32.6 Å². The minimum absolute atomic E-state index is 0. The maximum atomic E-state index is 12.3. The lowest BCUT2D eigenvalue weighted by atomic mass is 9.99. The van der Waals surface area contributed by atoms with E-state index in [-0.39, 0.29) is 35.5 Å². The lowest BCUT2D eigenvalue weighted by Gasteiger charge is -2.21.